The minimum absolute atomic E-state index is 0.145. The highest BCUT2D eigenvalue weighted by atomic mass is 16.6. The van der Waals surface area contributed by atoms with Crippen molar-refractivity contribution >= 4 is 23.6 Å². The van der Waals surface area contributed by atoms with Gasteiger partial charge in [0.2, 0.25) is 11.8 Å². The van der Waals surface area contributed by atoms with Crippen molar-refractivity contribution in [2.45, 2.75) is 76.9 Å². The number of rotatable bonds is 10. The normalized spacial score (nSPS) is 23.7. The molecule has 2 aromatic carbocycles. The summed E-state index contributed by atoms with van der Waals surface area (Å²) in [6.07, 6.45) is 7.58. The molecule has 0 radical (unpaired) electrons. The van der Waals surface area contributed by atoms with Crippen molar-refractivity contribution in [2.24, 2.45) is 23.7 Å². The van der Waals surface area contributed by atoms with E-state index < -0.39 is 12.2 Å². The highest BCUT2D eigenvalue weighted by Gasteiger charge is 2.45. The van der Waals surface area contributed by atoms with E-state index in [1.165, 1.54) is 25.7 Å². The van der Waals surface area contributed by atoms with Crippen molar-refractivity contribution in [2.75, 3.05) is 24.9 Å². The number of amides is 2. The molecule has 0 saturated heterocycles. The van der Waals surface area contributed by atoms with E-state index in [0.29, 0.717) is 35.7 Å². The Labute approximate surface area is 316 Å². The zero-order valence-electron chi connectivity index (χ0n) is 31.3. The third kappa shape index (κ3) is 8.64. The minimum Gasteiger partial charge on any atom is -0.481 e. The molecule has 284 valence electrons. The summed E-state index contributed by atoms with van der Waals surface area (Å²) in [5.41, 5.74) is 5.74. The molecule has 0 unspecified atom stereocenters. The zero-order valence-corrected chi connectivity index (χ0v) is 31.3. The number of methoxy groups -OCH3 is 2. The van der Waals surface area contributed by atoms with Crippen molar-refractivity contribution in [3.05, 3.63) is 107 Å². The van der Waals surface area contributed by atoms with Crippen molar-refractivity contribution in [3.63, 3.8) is 0 Å². The predicted octanol–water partition coefficient (Wildman–Crippen LogP) is 7.80. The quantitative estimate of drug-likeness (QED) is 0.127. The fraction of sp³-hybridized carbons (Fsp3) is 0.429. The largest absolute Gasteiger partial charge is 0.481 e. The topological polar surface area (TPSA) is 145 Å². The molecule has 2 aliphatic heterocycles. The summed E-state index contributed by atoms with van der Waals surface area (Å²) in [7, 11) is 3.21. The maximum Gasteiger partial charge on any atom is 0.407 e. The van der Waals surface area contributed by atoms with Crippen molar-refractivity contribution in [1.82, 2.24) is 20.6 Å². The Morgan fingerprint density at radius 3 is 1.78 bits per heavy atom. The van der Waals surface area contributed by atoms with Gasteiger partial charge in [0.25, 0.3) is 0 Å². The van der Waals surface area contributed by atoms with E-state index in [0.717, 1.165) is 33.6 Å². The van der Waals surface area contributed by atoms with Gasteiger partial charge in [-0.05, 0) is 54.7 Å². The first-order valence-corrected chi connectivity index (χ1v) is 18.9. The Bertz CT molecular complexity index is 1880. The van der Waals surface area contributed by atoms with E-state index in [4.69, 9.17) is 18.9 Å². The van der Waals surface area contributed by atoms with Gasteiger partial charge in [0, 0.05) is 59.3 Å². The van der Waals surface area contributed by atoms with E-state index in [2.05, 4.69) is 45.1 Å². The summed E-state index contributed by atoms with van der Waals surface area (Å²) < 4.78 is 21.6. The van der Waals surface area contributed by atoms with E-state index in [-0.39, 0.29) is 37.1 Å². The second-order valence-corrected chi connectivity index (χ2v) is 14.7. The number of aromatic nitrogens is 2. The molecule has 2 saturated carbocycles. The van der Waals surface area contributed by atoms with Gasteiger partial charge in [-0.1, -0.05) is 74.5 Å². The molecular weight excluding hydrogens is 684 g/mol. The van der Waals surface area contributed by atoms with Crippen LogP contribution in [0.3, 0.4) is 0 Å². The second-order valence-electron chi connectivity index (χ2n) is 14.7. The summed E-state index contributed by atoms with van der Waals surface area (Å²) >= 11 is 0. The molecule has 4 aliphatic rings. The first kappa shape index (κ1) is 36.8. The average Bonchev–Trinajstić information content (AvgIpc) is 4.14. The first-order valence-electron chi connectivity index (χ1n) is 18.9. The van der Waals surface area contributed by atoms with Gasteiger partial charge in [0.15, 0.2) is 0 Å². The van der Waals surface area contributed by atoms with Crippen LogP contribution < -0.4 is 30.7 Å². The van der Waals surface area contributed by atoms with Crippen LogP contribution in [0.1, 0.15) is 73.9 Å². The molecule has 4 heterocycles. The van der Waals surface area contributed by atoms with Gasteiger partial charge in [-0.25, -0.2) is 19.6 Å². The van der Waals surface area contributed by atoms with Gasteiger partial charge in [-0.2, -0.15) is 0 Å². The number of pyridine rings is 2. The lowest BCUT2D eigenvalue weighted by atomic mass is 9.82. The molecule has 2 fully saturated rings. The Morgan fingerprint density at radius 2 is 1.24 bits per heavy atom. The van der Waals surface area contributed by atoms with Gasteiger partial charge in [-0.15, -0.1) is 0 Å². The highest BCUT2D eigenvalue weighted by molar-refractivity contribution is 5.71. The van der Waals surface area contributed by atoms with Crippen molar-refractivity contribution in [1.29, 1.82) is 0 Å². The average molecular weight is 735 g/mol. The Balaban J connectivity index is 0.000000167. The summed E-state index contributed by atoms with van der Waals surface area (Å²) in [6.45, 7) is 4.83. The fourth-order valence-electron chi connectivity index (χ4n) is 7.76. The molecule has 0 spiro atoms. The number of anilines is 2. The number of hydrogen-bond donors (Lipinski definition) is 4. The molecule has 54 heavy (non-hydrogen) atoms. The number of carbonyl (C=O) groups excluding carboxylic acids is 2. The second kappa shape index (κ2) is 16.7. The molecule has 2 amide bonds. The van der Waals surface area contributed by atoms with Crippen LogP contribution in [0.4, 0.5) is 21.0 Å². The smallest absolute Gasteiger partial charge is 0.407 e. The minimum atomic E-state index is -0.427. The molecule has 2 aromatic heterocycles. The van der Waals surface area contributed by atoms with Crippen LogP contribution in [0.15, 0.2) is 85.2 Å². The number of hydrogen-bond acceptors (Lipinski definition) is 10. The molecule has 2 aliphatic carbocycles. The molecule has 6 atom stereocenters. The third-order valence-corrected chi connectivity index (χ3v) is 11.0. The summed E-state index contributed by atoms with van der Waals surface area (Å²) in [5.74, 6) is 2.84. The zero-order chi connectivity index (χ0) is 37.6. The number of alkyl carbamates (subject to hydrolysis) is 2. The lowest BCUT2D eigenvalue weighted by Crippen LogP contribution is -2.45. The summed E-state index contributed by atoms with van der Waals surface area (Å²) in [6, 6.07) is 23.5. The maximum absolute atomic E-state index is 12.5. The Morgan fingerprint density at radius 1 is 0.704 bits per heavy atom. The van der Waals surface area contributed by atoms with E-state index in [9.17, 15) is 9.59 Å². The number of ether oxygens (including phenoxy) is 4. The van der Waals surface area contributed by atoms with Gasteiger partial charge in [0.1, 0.15) is 13.2 Å². The number of carbonyl (C=O) groups is 2. The van der Waals surface area contributed by atoms with E-state index in [1.807, 2.05) is 72.8 Å². The number of fused-ring (bicyclic) bond motifs is 2. The number of benzene rings is 2. The lowest BCUT2D eigenvalue weighted by molar-refractivity contribution is 0.129. The SMILES string of the molecule is COc1cc2c(cn1)[C@H](NC(=O)OCc1ccccc1)[C@@H](C)[C@H](C1CC1)N2.COc1nccc2c1[C@H](NC(=O)OCc1ccccc1)[C@@H](C)[C@H](C1CC1)N2. The lowest BCUT2D eigenvalue weighted by Gasteiger charge is -2.39. The van der Waals surface area contributed by atoms with Gasteiger partial charge in [0.05, 0.1) is 31.9 Å². The van der Waals surface area contributed by atoms with Crippen LogP contribution in [-0.2, 0) is 22.7 Å². The molecule has 0 bridgehead atoms. The fourth-order valence-corrected chi connectivity index (χ4v) is 7.76. The van der Waals surface area contributed by atoms with Crippen LogP contribution in [-0.4, -0.2) is 48.5 Å². The van der Waals surface area contributed by atoms with Crippen LogP contribution in [0.2, 0.25) is 0 Å². The van der Waals surface area contributed by atoms with E-state index in [1.54, 1.807) is 26.6 Å². The Hall–Kier alpha value is -5.52. The van der Waals surface area contributed by atoms with Crippen LogP contribution in [0, 0.1) is 23.7 Å². The number of nitrogens with zero attached hydrogens (tertiary/aromatic N) is 2. The molecule has 8 rings (SSSR count). The third-order valence-electron chi connectivity index (χ3n) is 11.0. The van der Waals surface area contributed by atoms with E-state index >= 15 is 0 Å². The maximum atomic E-state index is 12.5. The number of nitrogens with one attached hydrogen (secondary N) is 4. The standard InChI is InChI=1S/2C21H25N3O3/c1-13-19(15-8-9-15)23-17-10-18(26-2)22-11-16(17)20(13)24-21(25)27-12-14-6-4-3-5-7-14;1-13-18(15-8-9-15)23-16-10-11-22-20(26-2)17(16)19(13)24-21(25)27-12-14-6-4-3-5-7-14/h3-7,10-11,13,15,19-20,23H,8-9,12H2,1-2H3,(H,24,25);3-7,10-11,13,15,18-19,23H,8-9,12H2,1-2H3,(H,24,25)/t13-,19+,20+;13-,18+,19+/m00/s1. The Kier molecular flexibility index (Phi) is 11.4. The molecule has 12 nitrogen and oxygen atoms in total. The van der Waals surface area contributed by atoms with Gasteiger partial charge in [-0.3, -0.25) is 0 Å². The predicted molar refractivity (Wildman–Crippen MR) is 205 cm³/mol. The van der Waals surface area contributed by atoms with Crippen LogP contribution in [0.5, 0.6) is 11.8 Å². The van der Waals surface area contributed by atoms with Gasteiger partial charge < -0.3 is 40.2 Å². The molecule has 4 N–H and O–H groups in total. The summed E-state index contributed by atoms with van der Waals surface area (Å²) in [5, 5.41) is 13.4. The van der Waals surface area contributed by atoms with Crippen LogP contribution in [0.25, 0.3) is 0 Å². The van der Waals surface area contributed by atoms with Crippen LogP contribution >= 0.6 is 0 Å². The van der Waals surface area contributed by atoms with Gasteiger partial charge >= 0.3 is 12.2 Å². The summed E-state index contributed by atoms with van der Waals surface area (Å²) in [4.78, 5) is 33.6. The molecule has 4 aromatic rings. The van der Waals surface area contributed by atoms with Crippen molar-refractivity contribution < 1.29 is 28.5 Å². The monoisotopic (exact) mass is 734 g/mol. The molecule has 12 heteroatoms. The first-order chi connectivity index (χ1) is 26.3. The molecular formula is C42H50N6O6. The highest BCUT2D eigenvalue weighted by Crippen LogP contribution is 2.48. The van der Waals surface area contributed by atoms with Crippen molar-refractivity contribution in [3.8, 4) is 11.8 Å².